The fraction of sp³-hybridized carbons (Fsp3) is 0.360. The number of Topliss-reactive ketones (excluding diaryl/α,β-unsaturated/α-hetero) is 1. The second-order valence-electron chi connectivity index (χ2n) is 8.67. The molecule has 2 fully saturated rings. The minimum atomic E-state index is -3.76. The van der Waals surface area contributed by atoms with E-state index in [0.717, 1.165) is 17.4 Å². The summed E-state index contributed by atoms with van der Waals surface area (Å²) in [6.07, 6.45) is 0. The van der Waals surface area contributed by atoms with Crippen LogP contribution in [0.25, 0.3) is 5.76 Å². The molecular formula is C25H29N3O6S. The van der Waals surface area contributed by atoms with E-state index in [0.29, 0.717) is 31.9 Å². The van der Waals surface area contributed by atoms with Gasteiger partial charge in [0.2, 0.25) is 10.0 Å². The van der Waals surface area contributed by atoms with Crippen LogP contribution in [0.1, 0.15) is 17.2 Å². The zero-order valence-corrected chi connectivity index (χ0v) is 20.6. The number of hydrogen-bond donors (Lipinski definition) is 1. The summed E-state index contributed by atoms with van der Waals surface area (Å²) < 4.78 is 31.7. The molecule has 35 heavy (non-hydrogen) atoms. The summed E-state index contributed by atoms with van der Waals surface area (Å²) in [6.45, 7) is 3.59. The largest absolute Gasteiger partial charge is 0.507 e. The summed E-state index contributed by atoms with van der Waals surface area (Å²) in [5.41, 5.74) is 0.787. The lowest BCUT2D eigenvalue weighted by atomic mass is 9.95. The third-order valence-electron chi connectivity index (χ3n) is 6.30. The van der Waals surface area contributed by atoms with Gasteiger partial charge in [-0.3, -0.25) is 14.5 Å². The smallest absolute Gasteiger partial charge is 0.295 e. The molecular weight excluding hydrogens is 470 g/mol. The second-order valence-corrected chi connectivity index (χ2v) is 10.8. The van der Waals surface area contributed by atoms with Crippen LogP contribution in [-0.2, 0) is 24.3 Å². The third kappa shape index (κ3) is 5.01. The minimum absolute atomic E-state index is 0.0237. The molecule has 0 saturated carbocycles. The Balaban J connectivity index is 1.76. The zero-order valence-electron chi connectivity index (χ0n) is 19.8. The van der Waals surface area contributed by atoms with Crippen molar-refractivity contribution in [3.8, 4) is 0 Å². The molecule has 2 saturated heterocycles. The second kappa shape index (κ2) is 10.3. The summed E-state index contributed by atoms with van der Waals surface area (Å²) in [5.74, 6) is -1.88. The van der Waals surface area contributed by atoms with Crippen molar-refractivity contribution in [3.63, 3.8) is 0 Å². The molecule has 2 heterocycles. The molecule has 10 heteroatoms. The SMILES string of the molecule is CN(C)S(=O)(=O)c1cccc(C(O)=C2C(=O)C(=O)N(CCN3CCOCC3)[C@H]2c2ccccc2)c1. The Kier molecular flexibility index (Phi) is 7.36. The van der Waals surface area contributed by atoms with E-state index in [9.17, 15) is 23.1 Å². The van der Waals surface area contributed by atoms with E-state index < -0.39 is 33.5 Å². The fourth-order valence-electron chi connectivity index (χ4n) is 4.34. The van der Waals surface area contributed by atoms with Crippen molar-refractivity contribution in [3.05, 3.63) is 71.3 Å². The first kappa shape index (κ1) is 25.1. The standard InChI is InChI=1S/C25H29N3O6S/c1-26(2)35(32,33)20-10-6-9-19(17-20)23(29)21-22(18-7-4-3-5-8-18)28(25(31)24(21)30)12-11-27-13-15-34-16-14-27/h3-10,17,22,29H,11-16H2,1-2H3/t22-/m0/s1. The van der Waals surface area contributed by atoms with Crippen LogP contribution >= 0.6 is 0 Å². The predicted octanol–water partition coefficient (Wildman–Crippen LogP) is 1.69. The molecule has 4 rings (SSSR count). The van der Waals surface area contributed by atoms with E-state index in [4.69, 9.17) is 4.74 Å². The third-order valence-corrected chi connectivity index (χ3v) is 8.11. The highest BCUT2D eigenvalue weighted by atomic mass is 32.2. The highest BCUT2D eigenvalue weighted by molar-refractivity contribution is 7.89. The van der Waals surface area contributed by atoms with Gasteiger partial charge in [-0.05, 0) is 17.7 Å². The van der Waals surface area contributed by atoms with Crippen molar-refractivity contribution >= 4 is 27.5 Å². The maximum Gasteiger partial charge on any atom is 0.295 e. The number of morpholine rings is 1. The molecule has 0 radical (unpaired) electrons. The van der Waals surface area contributed by atoms with Gasteiger partial charge in [0.25, 0.3) is 11.7 Å². The average molecular weight is 500 g/mol. The van der Waals surface area contributed by atoms with Gasteiger partial charge < -0.3 is 14.7 Å². The number of nitrogens with zero attached hydrogens (tertiary/aromatic N) is 3. The Bertz CT molecular complexity index is 1240. The fourth-order valence-corrected chi connectivity index (χ4v) is 5.28. The van der Waals surface area contributed by atoms with E-state index in [-0.39, 0.29) is 16.0 Å². The number of aliphatic hydroxyl groups is 1. The van der Waals surface area contributed by atoms with Gasteiger partial charge in [-0.1, -0.05) is 42.5 Å². The van der Waals surface area contributed by atoms with Gasteiger partial charge in [0.1, 0.15) is 5.76 Å². The molecule has 1 N–H and O–H groups in total. The van der Waals surface area contributed by atoms with Crippen molar-refractivity contribution in [1.82, 2.24) is 14.1 Å². The number of ether oxygens (including phenoxy) is 1. The van der Waals surface area contributed by atoms with Crippen molar-refractivity contribution < 1.29 is 27.9 Å². The van der Waals surface area contributed by atoms with Crippen LogP contribution in [0.3, 0.4) is 0 Å². The number of carbonyl (C=O) groups is 2. The first-order chi connectivity index (χ1) is 16.7. The van der Waals surface area contributed by atoms with E-state index >= 15 is 0 Å². The number of carbonyl (C=O) groups excluding carboxylic acids is 2. The number of sulfonamides is 1. The van der Waals surface area contributed by atoms with Crippen molar-refractivity contribution in [2.75, 3.05) is 53.5 Å². The molecule has 0 aromatic heterocycles. The molecule has 1 atom stereocenters. The van der Waals surface area contributed by atoms with Crippen molar-refractivity contribution in [2.24, 2.45) is 0 Å². The number of aliphatic hydroxyl groups excluding tert-OH is 1. The van der Waals surface area contributed by atoms with E-state index in [2.05, 4.69) is 4.90 Å². The predicted molar refractivity (Wildman–Crippen MR) is 130 cm³/mol. The van der Waals surface area contributed by atoms with Gasteiger partial charge in [0.15, 0.2) is 0 Å². The minimum Gasteiger partial charge on any atom is -0.507 e. The van der Waals surface area contributed by atoms with Crippen LogP contribution in [0.4, 0.5) is 0 Å². The molecule has 0 bridgehead atoms. The molecule has 0 unspecified atom stereocenters. The normalized spacial score (nSPS) is 21.1. The van der Waals surface area contributed by atoms with Gasteiger partial charge in [-0.15, -0.1) is 0 Å². The van der Waals surface area contributed by atoms with E-state index in [1.807, 2.05) is 18.2 Å². The van der Waals surface area contributed by atoms with E-state index in [1.165, 1.54) is 43.3 Å². The van der Waals surface area contributed by atoms with Crippen LogP contribution in [-0.4, -0.2) is 92.8 Å². The van der Waals surface area contributed by atoms with Gasteiger partial charge in [-0.25, -0.2) is 12.7 Å². The number of amides is 1. The van der Waals surface area contributed by atoms with Crippen molar-refractivity contribution in [2.45, 2.75) is 10.9 Å². The molecule has 186 valence electrons. The lowest BCUT2D eigenvalue weighted by Gasteiger charge is -2.31. The summed E-state index contributed by atoms with van der Waals surface area (Å²) in [5, 5.41) is 11.2. The maximum absolute atomic E-state index is 13.2. The number of hydrogen-bond acceptors (Lipinski definition) is 7. The summed E-state index contributed by atoms with van der Waals surface area (Å²) >= 11 is 0. The number of ketones is 1. The lowest BCUT2D eigenvalue weighted by molar-refractivity contribution is -0.140. The summed E-state index contributed by atoms with van der Waals surface area (Å²) in [6, 6.07) is 14.0. The van der Waals surface area contributed by atoms with Crippen LogP contribution in [0.15, 0.2) is 65.1 Å². The van der Waals surface area contributed by atoms with Gasteiger partial charge >= 0.3 is 0 Å². The van der Waals surface area contributed by atoms with Crippen LogP contribution < -0.4 is 0 Å². The molecule has 2 aliphatic heterocycles. The Morgan fingerprint density at radius 2 is 1.71 bits per heavy atom. The number of likely N-dealkylation sites (tertiary alicyclic amines) is 1. The van der Waals surface area contributed by atoms with Crippen LogP contribution in [0.2, 0.25) is 0 Å². The molecule has 1 amide bonds. The molecule has 2 aliphatic rings. The Hall–Kier alpha value is -3.05. The zero-order chi connectivity index (χ0) is 25.2. The summed E-state index contributed by atoms with van der Waals surface area (Å²) in [4.78, 5) is 29.9. The monoisotopic (exact) mass is 499 g/mol. The van der Waals surface area contributed by atoms with Crippen LogP contribution in [0, 0.1) is 0 Å². The molecule has 0 spiro atoms. The highest BCUT2D eigenvalue weighted by Crippen LogP contribution is 2.39. The first-order valence-corrected chi connectivity index (χ1v) is 12.8. The number of rotatable bonds is 7. The molecule has 0 aliphatic carbocycles. The molecule has 2 aromatic rings. The van der Waals surface area contributed by atoms with Gasteiger partial charge in [-0.2, -0.15) is 0 Å². The maximum atomic E-state index is 13.2. The Morgan fingerprint density at radius 3 is 2.37 bits per heavy atom. The van der Waals surface area contributed by atoms with Gasteiger partial charge in [0.05, 0.1) is 29.7 Å². The Morgan fingerprint density at radius 1 is 1.03 bits per heavy atom. The van der Waals surface area contributed by atoms with Gasteiger partial charge in [0, 0.05) is 45.8 Å². The van der Waals surface area contributed by atoms with Crippen molar-refractivity contribution in [1.29, 1.82) is 0 Å². The quantitative estimate of drug-likeness (QED) is 0.351. The highest BCUT2D eigenvalue weighted by Gasteiger charge is 2.46. The number of benzene rings is 2. The van der Waals surface area contributed by atoms with Crippen LogP contribution in [0.5, 0.6) is 0 Å². The summed E-state index contributed by atoms with van der Waals surface area (Å²) in [7, 11) is -0.929. The Labute approximate surface area is 205 Å². The average Bonchev–Trinajstić information content (AvgIpc) is 3.13. The van der Waals surface area contributed by atoms with E-state index in [1.54, 1.807) is 12.1 Å². The molecule has 9 nitrogen and oxygen atoms in total. The topological polar surface area (TPSA) is 107 Å². The first-order valence-electron chi connectivity index (χ1n) is 11.4. The molecule has 2 aromatic carbocycles. The lowest BCUT2D eigenvalue weighted by Crippen LogP contribution is -2.42.